The number of amidine groups is 2. The number of rotatable bonds is 5. The van der Waals surface area contributed by atoms with Crippen LogP contribution in [0, 0.1) is 0 Å². The third-order valence-electron chi connectivity index (χ3n) is 12.2. The first-order valence-corrected chi connectivity index (χ1v) is 20.3. The van der Waals surface area contributed by atoms with Crippen LogP contribution in [0.2, 0.25) is 0 Å². The van der Waals surface area contributed by atoms with Crippen LogP contribution < -0.4 is 5.32 Å². The number of hydrogen-bond donors (Lipinski definition) is 1. The number of aliphatic imine (C=N–C) groups is 2. The average molecular weight is 760 g/mol. The molecule has 1 N–H and O–H groups in total. The molecule has 2 unspecified atom stereocenters. The van der Waals surface area contributed by atoms with Gasteiger partial charge in [-0.2, -0.15) is 0 Å². The maximum absolute atomic E-state index is 6.58. The number of aryl methyl sites for hydroxylation is 1. The normalized spacial score (nSPS) is 16.3. The topological polar surface area (TPSA) is 63.0 Å². The van der Waals surface area contributed by atoms with Crippen molar-refractivity contribution in [2.24, 2.45) is 9.98 Å². The molecule has 0 spiro atoms. The first kappa shape index (κ1) is 33.6. The number of fused-ring (bicyclic) bond motifs is 9. The van der Waals surface area contributed by atoms with E-state index in [0.717, 1.165) is 90.6 Å². The Balaban J connectivity index is 1.02. The summed E-state index contributed by atoms with van der Waals surface area (Å²) in [6.07, 6.45) is 1.58. The predicted molar refractivity (Wildman–Crippen MR) is 240 cm³/mol. The zero-order valence-corrected chi connectivity index (χ0v) is 32.1. The highest BCUT2D eigenvalue weighted by Gasteiger charge is 2.27. The second kappa shape index (κ2) is 13.6. The van der Waals surface area contributed by atoms with Crippen molar-refractivity contribution in [2.45, 2.75) is 24.9 Å². The van der Waals surface area contributed by atoms with Crippen molar-refractivity contribution in [1.82, 2.24) is 5.32 Å². The van der Waals surface area contributed by atoms with E-state index in [2.05, 4.69) is 133 Å². The molecule has 2 atom stereocenters. The quantitative estimate of drug-likeness (QED) is 0.190. The lowest BCUT2D eigenvalue weighted by molar-refractivity contribution is 0.667. The summed E-state index contributed by atoms with van der Waals surface area (Å²) in [5, 5.41) is 7.77. The van der Waals surface area contributed by atoms with Crippen LogP contribution in [-0.2, 0) is 6.42 Å². The summed E-state index contributed by atoms with van der Waals surface area (Å²) in [7, 11) is 0. The van der Waals surface area contributed by atoms with Gasteiger partial charge >= 0.3 is 0 Å². The van der Waals surface area contributed by atoms with Gasteiger partial charge in [0.05, 0.1) is 0 Å². The molecule has 10 aromatic rings. The van der Waals surface area contributed by atoms with E-state index < -0.39 is 6.17 Å². The molecular formula is C54H37N3O2. The molecule has 0 saturated carbocycles. The van der Waals surface area contributed by atoms with Gasteiger partial charge in [0.25, 0.3) is 0 Å². The number of furan rings is 2. The van der Waals surface area contributed by atoms with Gasteiger partial charge < -0.3 is 14.2 Å². The van der Waals surface area contributed by atoms with Crippen LogP contribution in [0.15, 0.2) is 201 Å². The molecule has 2 aromatic heterocycles. The number of para-hydroxylation sites is 1. The summed E-state index contributed by atoms with van der Waals surface area (Å²) < 4.78 is 12.9. The van der Waals surface area contributed by atoms with Crippen molar-refractivity contribution < 1.29 is 8.83 Å². The lowest BCUT2D eigenvalue weighted by Crippen LogP contribution is -2.36. The molecular weight excluding hydrogens is 723 g/mol. The number of hydrogen-bond acceptors (Lipinski definition) is 5. The molecule has 12 rings (SSSR count). The third kappa shape index (κ3) is 5.61. The van der Waals surface area contributed by atoms with Crippen molar-refractivity contribution in [3.8, 4) is 22.3 Å². The molecule has 1 aliphatic heterocycles. The largest absolute Gasteiger partial charge is 0.456 e. The summed E-state index contributed by atoms with van der Waals surface area (Å²) in [5.41, 5.74) is 15.3. The maximum Gasteiger partial charge on any atom is 0.170 e. The van der Waals surface area contributed by atoms with Gasteiger partial charge in [-0.3, -0.25) is 0 Å². The Morgan fingerprint density at radius 1 is 0.441 bits per heavy atom. The minimum atomic E-state index is -0.540. The van der Waals surface area contributed by atoms with Crippen LogP contribution in [-0.4, -0.2) is 11.7 Å². The van der Waals surface area contributed by atoms with E-state index in [1.165, 1.54) is 33.4 Å². The van der Waals surface area contributed by atoms with E-state index >= 15 is 0 Å². The Hall–Kier alpha value is -7.50. The first-order chi connectivity index (χ1) is 29.2. The highest BCUT2D eigenvalue weighted by molar-refractivity contribution is 6.23. The van der Waals surface area contributed by atoms with Gasteiger partial charge in [-0.15, -0.1) is 0 Å². The average Bonchev–Trinajstić information content (AvgIpc) is 3.83. The van der Waals surface area contributed by atoms with Crippen LogP contribution in [0.5, 0.6) is 0 Å². The van der Waals surface area contributed by atoms with Crippen molar-refractivity contribution in [1.29, 1.82) is 0 Å². The highest BCUT2D eigenvalue weighted by Crippen LogP contribution is 2.44. The molecule has 0 fully saturated rings. The van der Waals surface area contributed by atoms with Crippen molar-refractivity contribution in [3.05, 3.63) is 215 Å². The Morgan fingerprint density at radius 3 is 1.98 bits per heavy atom. The smallest absolute Gasteiger partial charge is 0.170 e. The predicted octanol–water partition coefficient (Wildman–Crippen LogP) is 13.4. The van der Waals surface area contributed by atoms with Gasteiger partial charge in [-0.25, -0.2) is 9.98 Å². The van der Waals surface area contributed by atoms with Crippen LogP contribution in [0.1, 0.15) is 51.9 Å². The molecule has 5 nitrogen and oxygen atoms in total. The second-order valence-corrected chi connectivity index (χ2v) is 15.6. The van der Waals surface area contributed by atoms with Gasteiger partial charge in [0.2, 0.25) is 0 Å². The molecule has 1 aliphatic carbocycles. The summed E-state index contributed by atoms with van der Waals surface area (Å²) in [5.74, 6) is 1.83. The Morgan fingerprint density at radius 2 is 1.10 bits per heavy atom. The number of benzene rings is 8. The minimum absolute atomic E-state index is 0.325. The minimum Gasteiger partial charge on any atom is -0.456 e. The molecule has 2 aliphatic rings. The molecule has 280 valence electrons. The molecule has 8 aromatic carbocycles. The van der Waals surface area contributed by atoms with E-state index in [1.807, 2.05) is 54.6 Å². The molecule has 59 heavy (non-hydrogen) atoms. The third-order valence-corrected chi connectivity index (χ3v) is 12.2. The lowest BCUT2D eigenvalue weighted by Gasteiger charge is -2.23. The Labute approximate surface area is 341 Å². The molecule has 0 bridgehead atoms. The van der Waals surface area contributed by atoms with Gasteiger partial charge in [0, 0.05) is 44.2 Å². The zero-order chi connectivity index (χ0) is 38.9. The number of nitrogens with zero attached hydrogens (tertiary/aromatic N) is 2. The fourth-order valence-corrected chi connectivity index (χ4v) is 9.45. The van der Waals surface area contributed by atoms with Crippen molar-refractivity contribution >= 4 is 55.5 Å². The van der Waals surface area contributed by atoms with E-state index in [0.29, 0.717) is 5.92 Å². The fourth-order valence-electron chi connectivity index (χ4n) is 9.45. The second-order valence-electron chi connectivity index (χ2n) is 15.6. The standard InChI is InChI=1S/C54H37N3O2/c1-3-13-33(14-4-1)39-28-25-34-15-7-8-18-38(34)44-31-36(26-29-40(39)44)37-27-30-47-45(32-37)51-43(21-12-24-49(51)59-47)54-56-52(35-16-5-2-6-17-35)55-53(57-54)42-20-11-23-48-50(42)41-19-9-10-22-46(41)58-48/h1-24,26-27,29-32,39,54H,25,28H2,(H,55,56,57). The molecule has 0 radical (unpaired) electrons. The van der Waals surface area contributed by atoms with E-state index in [4.69, 9.17) is 18.8 Å². The zero-order valence-electron chi connectivity index (χ0n) is 32.1. The van der Waals surface area contributed by atoms with Crippen LogP contribution in [0.4, 0.5) is 0 Å². The number of nitrogens with one attached hydrogen (secondary N) is 1. The SMILES string of the molecule is c1ccc(C2=NC(c3cccc4oc5ccc(-c6ccc7c(c6)-c6ccccc6CCC7c6ccccc6)cc5c34)N=C(c3cccc4oc5ccccc5c34)N2)cc1. The molecule has 5 heteroatoms. The van der Waals surface area contributed by atoms with Crippen LogP contribution in [0.25, 0.3) is 66.1 Å². The van der Waals surface area contributed by atoms with Gasteiger partial charge in [-0.1, -0.05) is 146 Å². The monoisotopic (exact) mass is 759 g/mol. The summed E-state index contributed by atoms with van der Waals surface area (Å²) in [6.45, 7) is 0. The van der Waals surface area contributed by atoms with E-state index in [1.54, 1.807) is 0 Å². The summed E-state index contributed by atoms with van der Waals surface area (Å²) in [4.78, 5) is 10.7. The molecule has 0 saturated heterocycles. The van der Waals surface area contributed by atoms with Crippen LogP contribution >= 0.6 is 0 Å². The highest BCUT2D eigenvalue weighted by atomic mass is 16.3. The van der Waals surface area contributed by atoms with E-state index in [9.17, 15) is 0 Å². The Kier molecular flexibility index (Phi) is 7.73. The fraction of sp³-hybridized carbons (Fsp3) is 0.0741. The summed E-state index contributed by atoms with van der Waals surface area (Å²) >= 11 is 0. The van der Waals surface area contributed by atoms with Crippen LogP contribution in [0.3, 0.4) is 0 Å². The van der Waals surface area contributed by atoms with Gasteiger partial charge in [0.1, 0.15) is 34.0 Å². The molecule has 0 amide bonds. The first-order valence-electron chi connectivity index (χ1n) is 20.3. The molecule has 3 heterocycles. The van der Waals surface area contributed by atoms with Gasteiger partial charge in [-0.05, 0) is 88.2 Å². The summed E-state index contributed by atoms with van der Waals surface area (Å²) in [6, 6.07) is 64.4. The maximum atomic E-state index is 6.58. The van der Waals surface area contributed by atoms with Crippen molar-refractivity contribution in [2.75, 3.05) is 0 Å². The van der Waals surface area contributed by atoms with Crippen molar-refractivity contribution in [3.63, 3.8) is 0 Å². The van der Waals surface area contributed by atoms with Gasteiger partial charge in [0.15, 0.2) is 6.17 Å². The Bertz CT molecular complexity index is 3320. The van der Waals surface area contributed by atoms with E-state index in [-0.39, 0.29) is 0 Å². The lowest BCUT2D eigenvalue weighted by atomic mass is 9.84.